The minimum atomic E-state index is 0.125. The molecule has 0 saturated heterocycles. The number of ether oxygens (including phenoxy) is 1. The lowest BCUT2D eigenvalue weighted by atomic mass is 9.77. The van der Waals surface area contributed by atoms with Gasteiger partial charge in [0.15, 0.2) is 0 Å². The van der Waals surface area contributed by atoms with Crippen LogP contribution in [0.3, 0.4) is 0 Å². The van der Waals surface area contributed by atoms with Crippen molar-refractivity contribution in [3.8, 4) is 5.75 Å². The number of rotatable bonds is 4. The largest absolute Gasteiger partial charge is 0.492 e. The topological polar surface area (TPSA) is 21.3 Å². The molecule has 1 heterocycles. The monoisotopic (exact) mass is 261 g/mol. The SMILES string of the molecule is CCC(C)(C)C(NC)c1ccc2c(c1)C(C)(C)CO2. The van der Waals surface area contributed by atoms with Crippen LogP contribution in [0.15, 0.2) is 18.2 Å². The van der Waals surface area contributed by atoms with Crippen LogP contribution in [-0.2, 0) is 5.41 Å². The first-order valence-corrected chi connectivity index (χ1v) is 7.26. The summed E-state index contributed by atoms with van der Waals surface area (Å²) in [4.78, 5) is 0. The number of nitrogens with one attached hydrogen (secondary N) is 1. The van der Waals surface area contributed by atoms with E-state index in [0.717, 1.165) is 18.8 Å². The molecule has 106 valence electrons. The lowest BCUT2D eigenvalue weighted by Gasteiger charge is -2.34. The molecule has 0 spiro atoms. The Kier molecular flexibility index (Phi) is 3.65. The van der Waals surface area contributed by atoms with Gasteiger partial charge in [-0.05, 0) is 36.6 Å². The highest BCUT2D eigenvalue weighted by Crippen LogP contribution is 2.42. The summed E-state index contributed by atoms with van der Waals surface area (Å²) in [7, 11) is 2.05. The highest BCUT2D eigenvalue weighted by molar-refractivity contribution is 5.46. The minimum Gasteiger partial charge on any atom is -0.492 e. The molecular formula is C17H27NO. The van der Waals surface area contributed by atoms with E-state index in [-0.39, 0.29) is 10.8 Å². The van der Waals surface area contributed by atoms with E-state index in [0.29, 0.717) is 6.04 Å². The minimum absolute atomic E-state index is 0.125. The van der Waals surface area contributed by atoms with Crippen LogP contribution in [0.1, 0.15) is 58.2 Å². The quantitative estimate of drug-likeness (QED) is 0.882. The van der Waals surface area contributed by atoms with Crippen LogP contribution in [0, 0.1) is 5.41 Å². The van der Waals surface area contributed by atoms with Gasteiger partial charge in [0.25, 0.3) is 0 Å². The van der Waals surface area contributed by atoms with Gasteiger partial charge in [-0.25, -0.2) is 0 Å². The summed E-state index contributed by atoms with van der Waals surface area (Å²) >= 11 is 0. The van der Waals surface area contributed by atoms with Gasteiger partial charge in [-0.3, -0.25) is 0 Å². The first-order chi connectivity index (χ1) is 8.81. The molecule has 2 nitrogen and oxygen atoms in total. The molecule has 0 amide bonds. The van der Waals surface area contributed by atoms with Crippen molar-refractivity contribution in [1.82, 2.24) is 5.32 Å². The maximum atomic E-state index is 5.77. The van der Waals surface area contributed by atoms with Gasteiger partial charge in [-0.2, -0.15) is 0 Å². The molecule has 1 aromatic rings. The van der Waals surface area contributed by atoms with Crippen molar-refractivity contribution < 1.29 is 4.74 Å². The van der Waals surface area contributed by atoms with Gasteiger partial charge in [-0.1, -0.05) is 40.7 Å². The van der Waals surface area contributed by atoms with E-state index in [1.807, 2.05) is 0 Å². The first-order valence-electron chi connectivity index (χ1n) is 7.26. The Balaban J connectivity index is 2.42. The Hall–Kier alpha value is -1.02. The Morgan fingerprint density at radius 3 is 2.63 bits per heavy atom. The van der Waals surface area contributed by atoms with Gasteiger partial charge >= 0.3 is 0 Å². The third kappa shape index (κ3) is 2.51. The molecule has 1 N–H and O–H groups in total. The average Bonchev–Trinajstić information content (AvgIpc) is 2.66. The van der Waals surface area contributed by atoms with E-state index >= 15 is 0 Å². The fraction of sp³-hybridized carbons (Fsp3) is 0.647. The van der Waals surface area contributed by atoms with Crippen LogP contribution in [0.2, 0.25) is 0 Å². The van der Waals surface area contributed by atoms with Gasteiger partial charge in [-0.15, -0.1) is 0 Å². The van der Waals surface area contributed by atoms with Crippen LogP contribution in [0.4, 0.5) is 0 Å². The number of hydrogen-bond donors (Lipinski definition) is 1. The Morgan fingerprint density at radius 1 is 1.37 bits per heavy atom. The highest BCUT2D eigenvalue weighted by atomic mass is 16.5. The number of fused-ring (bicyclic) bond motifs is 1. The lowest BCUT2D eigenvalue weighted by Crippen LogP contribution is -2.31. The molecule has 2 heteroatoms. The van der Waals surface area contributed by atoms with E-state index in [4.69, 9.17) is 4.74 Å². The zero-order chi connectivity index (χ0) is 14.3. The van der Waals surface area contributed by atoms with Crippen molar-refractivity contribution in [2.45, 2.75) is 52.5 Å². The van der Waals surface area contributed by atoms with Crippen molar-refractivity contribution in [2.24, 2.45) is 5.41 Å². The van der Waals surface area contributed by atoms with Gasteiger partial charge in [0.05, 0.1) is 6.61 Å². The molecule has 0 aromatic heterocycles. The van der Waals surface area contributed by atoms with E-state index in [9.17, 15) is 0 Å². The Bertz CT molecular complexity index is 462. The van der Waals surface area contributed by atoms with Gasteiger partial charge in [0, 0.05) is 17.0 Å². The summed E-state index contributed by atoms with van der Waals surface area (Å²) in [6.07, 6.45) is 1.15. The van der Waals surface area contributed by atoms with E-state index in [2.05, 4.69) is 65.2 Å². The average molecular weight is 261 g/mol. The highest BCUT2D eigenvalue weighted by Gasteiger charge is 2.34. The van der Waals surface area contributed by atoms with Crippen molar-refractivity contribution >= 4 is 0 Å². The summed E-state index contributed by atoms with van der Waals surface area (Å²) in [6.45, 7) is 12.2. The normalized spacial score (nSPS) is 18.8. The summed E-state index contributed by atoms with van der Waals surface area (Å²) < 4.78 is 5.77. The lowest BCUT2D eigenvalue weighted by molar-refractivity contribution is 0.245. The molecule has 0 bridgehead atoms. The predicted octanol–water partition coefficient (Wildman–Crippen LogP) is 4.05. The molecule has 0 aliphatic carbocycles. The smallest absolute Gasteiger partial charge is 0.123 e. The molecule has 1 atom stereocenters. The van der Waals surface area contributed by atoms with Crippen molar-refractivity contribution in [1.29, 1.82) is 0 Å². The maximum Gasteiger partial charge on any atom is 0.123 e. The van der Waals surface area contributed by atoms with Crippen molar-refractivity contribution in [2.75, 3.05) is 13.7 Å². The molecule has 1 unspecified atom stereocenters. The molecule has 0 saturated carbocycles. The maximum absolute atomic E-state index is 5.77. The second-order valence-corrected chi connectivity index (χ2v) is 6.99. The number of benzene rings is 1. The van der Waals surface area contributed by atoms with E-state index < -0.39 is 0 Å². The summed E-state index contributed by atoms with van der Waals surface area (Å²) in [5.41, 5.74) is 3.08. The van der Waals surface area contributed by atoms with Crippen molar-refractivity contribution in [3.05, 3.63) is 29.3 Å². The van der Waals surface area contributed by atoms with Crippen LogP contribution >= 0.6 is 0 Å². The van der Waals surface area contributed by atoms with Crippen LogP contribution in [0.5, 0.6) is 5.75 Å². The molecule has 0 radical (unpaired) electrons. The Morgan fingerprint density at radius 2 is 2.05 bits per heavy atom. The molecule has 1 aliphatic heterocycles. The predicted molar refractivity (Wildman–Crippen MR) is 80.8 cm³/mol. The van der Waals surface area contributed by atoms with E-state index in [1.54, 1.807) is 0 Å². The molecular weight excluding hydrogens is 234 g/mol. The first kappa shape index (κ1) is 14.4. The van der Waals surface area contributed by atoms with Gasteiger partial charge < -0.3 is 10.1 Å². The second kappa shape index (κ2) is 4.82. The van der Waals surface area contributed by atoms with Crippen molar-refractivity contribution in [3.63, 3.8) is 0 Å². The van der Waals surface area contributed by atoms with Gasteiger partial charge in [0.2, 0.25) is 0 Å². The van der Waals surface area contributed by atoms with Crippen LogP contribution < -0.4 is 10.1 Å². The second-order valence-electron chi connectivity index (χ2n) is 6.99. The summed E-state index contributed by atoms with van der Waals surface area (Å²) in [6, 6.07) is 7.05. The van der Waals surface area contributed by atoms with Crippen LogP contribution in [-0.4, -0.2) is 13.7 Å². The van der Waals surface area contributed by atoms with Gasteiger partial charge in [0.1, 0.15) is 5.75 Å². The zero-order valence-corrected chi connectivity index (χ0v) is 13.1. The Labute approximate surface area is 117 Å². The third-order valence-electron chi connectivity index (χ3n) is 4.64. The molecule has 19 heavy (non-hydrogen) atoms. The zero-order valence-electron chi connectivity index (χ0n) is 13.1. The molecule has 0 fully saturated rings. The summed E-state index contributed by atoms with van der Waals surface area (Å²) in [5, 5.41) is 3.49. The fourth-order valence-electron chi connectivity index (χ4n) is 2.93. The summed E-state index contributed by atoms with van der Waals surface area (Å²) in [5.74, 6) is 1.05. The number of hydrogen-bond acceptors (Lipinski definition) is 2. The van der Waals surface area contributed by atoms with Crippen LogP contribution in [0.25, 0.3) is 0 Å². The molecule has 2 rings (SSSR count). The standard InChI is InChI=1S/C17H27NO/c1-7-16(2,3)15(18-6)12-8-9-14-13(10-12)17(4,5)11-19-14/h8-10,15,18H,7,11H2,1-6H3. The van der Waals surface area contributed by atoms with E-state index in [1.165, 1.54) is 11.1 Å². The fourth-order valence-corrected chi connectivity index (χ4v) is 2.93. The molecule has 1 aliphatic rings. The third-order valence-corrected chi connectivity index (χ3v) is 4.64. The molecule has 1 aromatic carbocycles.